The molecule has 2 aliphatic rings. The molecule has 2 heterocycles. The maximum atomic E-state index is 12.7. The first kappa shape index (κ1) is 27.3. The molecule has 194 valence electrons. The van der Waals surface area contributed by atoms with Crippen LogP contribution in [0, 0.1) is 0 Å². The SMILES string of the molecule is CC.CCOC(=O)CO/N=C1\C(=O)Nc2c1cc(-c1ccc(S(=O)(=O)N(C)C)cc1)c1c2CNCC1. The van der Waals surface area contributed by atoms with Crippen LogP contribution in [0.4, 0.5) is 5.69 Å². The van der Waals surface area contributed by atoms with Crippen LogP contribution in [0.15, 0.2) is 40.4 Å². The van der Waals surface area contributed by atoms with Crippen molar-refractivity contribution in [2.75, 3.05) is 39.2 Å². The van der Waals surface area contributed by atoms with Crippen LogP contribution in [-0.2, 0) is 42.2 Å². The molecule has 11 heteroatoms. The number of carbonyl (C=O) groups excluding carboxylic acids is 2. The molecule has 0 saturated heterocycles. The first-order valence-electron chi connectivity index (χ1n) is 11.8. The lowest BCUT2D eigenvalue weighted by Crippen LogP contribution is -2.25. The fraction of sp³-hybridized carbons (Fsp3) is 0.400. The van der Waals surface area contributed by atoms with Gasteiger partial charge in [-0.1, -0.05) is 31.1 Å². The molecule has 2 aromatic rings. The highest BCUT2D eigenvalue weighted by Crippen LogP contribution is 2.39. The molecule has 0 spiro atoms. The Labute approximate surface area is 211 Å². The average molecular weight is 517 g/mol. The second-order valence-corrected chi connectivity index (χ2v) is 10.2. The van der Waals surface area contributed by atoms with E-state index in [1.165, 1.54) is 18.4 Å². The van der Waals surface area contributed by atoms with Crippen LogP contribution in [-0.4, -0.2) is 64.2 Å². The van der Waals surface area contributed by atoms with Gasteiger partial charge in [-0.2, -0.15) is 0 Å². The van der Waals surface area contributed by atoms with E-state index in [0.717, 1.165) is 35.2 Å². The summed E-state index contributed by atoms with van der Waals surface area (Å²) in [6.07, 6.45) is 0.747. The molecule has 36 heavy (non-hydrogen) atoms. The number of nitrogens with one attached hydrogen (secondary N) is 2. The van der Waals surface area contributed by atoms with Crippen molar-refractivity contribution in [2.45, 2.75) is 38.6 Å². The lowest BCUT2D eigenvalue weighted by atomic mass is 9.87. The maximum absolute atomic E-state index is 12.7. The highest BCUT2D eigenvalue weighted by atomic mass is 32.2. The van der Waals surface area contributed by atoms with E-state index in [-0.39, 0.29) is 17.2 Å². The zero-order chi connectivity index (χ0) is 26.5. The predicted octanol–water partition coefficient (Wildman–Crippen LogP) is 2.51. The fourth-order valence-corrected chi connectivity index (χ4v) is 4.93. The van der Waals surface area contributed by atoms with Gasteiger partial charge >= 0.3 is 5.97 Å². The third kappa shape index (κ3) is 5.43. The first-order valence-corrected chi connectivity index (χ1v) is 13.3. The smallest absolute Gasteiger partial charge is 0.347 e. The Morgan fingerprint density at radius 1 is 1.11 bits per heavy atom. The molecule has 0 bridgehead atoms. The van der Waals surface area contributed by atoms with Crippen LogP contribution in [0.5, 0.6) is 0 Å². The Kier molecular flexibility index (Phi) is 8.83. The summed E-state index contributed by atoms with van der Waals surface area (Å²) in [5, 5.41) is 10.1. The third-order valence-corrected chi connectivity index (χ3v) is 7.53. The molecular formula is C25H32N4O6S. The van der Waals surface area contributed by atoms with Crippen molar-refractivity contribution in [1.29, 1.82) is 0 Å². The number of anilines is 1. The molecule has 2 aliphatic heterocycles. The van der Waals surface area contributed by atoms with Gasteiger partial charge < -0.3 is 20.2 Å². The number of rotatable bonds is 7. The lowest BCUT2D eigenvalue weighted by molar-refractivity contribution is -0.148. The lowest BCUT2D eigenvalue weighted by Gasteiger charge is -2.23. The molecule has 1 amide bonds. The summed E-state index contributed by atoms with van der Waals surface area (Å²) in [5.41, 5.74) is 5.05. The van der Waals surface area contributed by atoms with Gasteiger partial charge in [-0.25, -0.2) is 17.5 Å². The molecule has 0 atom stereocenters. The quantitative estimate of drug-likeness (QED) is 0.428. The molecule has 0 aromatic heterocycles. The van der Waals surface area contributed by atoms with E-state index >= 15 is 0 Å². The Balaban J connectivity index is 0.00000176. The summed E-state index contributed by atoms with van der Waals surface area (Å²) in [6.45, 7) is 6.85. The maximum Gasteiger partial charge on any atom is 0.347 e. The van der Waals surface area contributed by atoms with Gasteiger partial charge in [-0.3, -0.25) is 4.79 Å². The molecule has 0 radical (unpaired) electrons. The van der Waals surface area contributed by atoms with Crippen molar-refractivity contribution >= 4 is 33.3 Å². The highest BCUT2D eigenvalue weighted by Gasteiger charge is 2.33. The minimum Gasteiger partial charge on any atom is -0.463 e. The van der Waals surface area contributed by atoms with E-state index in [2.05, 4.69) is 15.8 Å². The summed E-state index contributed by atoms with van der Waals surface area (Å²) >= 11 is 0. The molecule has 0 saturated carbocycles. The van der Waals surface area contributed by atoms with Crippen LogP contribution in [0.25, 0.3) is 11.1 Å². The number of hydrogen-bond acceptors (Lipinski definition) is 8. The highest BCUT2D eigenvalue weighted by molar-refractivity contribution is 7.89. The van der Waals surface area contributed by atoms with E-state index in [1.807, 2.05) is 19.9 Å². The Morgan fingerprint density at radius 2 is 1.81 bits per heavy atom. The molecule has 10 nitrogen and oxygen atoms in total. The molecule has 0 aliphatic carbocycles. The predicted molar refractivity (Wildman–Crippen MR) is 137 cm³/mol. The van der Waals surface area contributed by atoms with Crippen LogP contribution in [0.3, 0.4) is 0 Å². The van der Waals surface area contributed by atoms with Crippen LogP contribution in [0.2, 0.25) is 0 Å². The van der Waals surface area contributed by atoms with Gasteiger partial charge in [0.1, 0.15) is 0 Å². The molecule has 4 rings (SSSR count). The van der Waals surface area contributed by atoms with E-state index in [1.54, 1.807) is 31.2 Å². The summed E-state index contributed by atoms with van der Waals surface area (Å²) in [4.78, 5) is 29.5. The number of carbonyl (C=O) groups is 2. The van der Waals surface area contributed by atoms with Gasteiger partial charge in [-0.15, -0.1) is 0 Å². The number of nitrogens with zero attached hydrogens (tertiary/aromatic N) is 2. The number of amides is 1. The Hall–Kier alpha value is -3.28. The van der Waals surface area contributed by atoms with Gasteiger partial charge in [0.25, 0.3) is 5.91 Å². The molecule has 2 aromatic carbocycles. The number of hydrogen-bond donors (Lipinski definition) is 2. The Morgan fingerprint density at radius 3 is 2.44 bits per heavy atom. The largest absolute Gasteiger partial charge is 0.463 e. The summed E-state index contributed by atoms with van der Waals surface area (Å²) < 4.78 is 30.9. The molecule has 0 fully saturated rings. The molecule has 0 unspecified atom stereocenters. The first-order chi connectivity index (χ1) is 17.2. The normalized spacial score (nSPS) is 15.5. The fourth-order valence-electron chi connectivity index (χ4n) is 4.03. The third-order valence-electron chi connectivity index (χ3n) is 5.70. The second kappa shape index (κ2) is 11.6. The zero-order valence-corrected chi connectivity index (χ0v) is 22.0. The van der Waals surface area contributed by atoms with Crippen molar-refractivity contribution in [2.24, 2.45) is 5.16 Å². The van der Waals surface area contributed by atoms with Crippen molar-refractivity contribution in [1.82, 2.24) is 9.62 Å². The molecular weight excluding hydrogens is 484 g/mol. The minimum atomic E-state index is -3.55. The Bertz CT molecular complexity index is 1270. The van der Waals surface area contributed by atoms with E-state index in [0.29, 0.717) is 17.8 Å². The van der Waals surface area contributed by atoms with Crippen molar-refractivity contribution < 1.29 is 27.6 Å². The van der Waals surface area contributed by atoms with Crippen LogP contribution >= 0.6 is 0 Å². The van der Waals surface area contributed by atoms with Gasteiger partial charge in [-0.05, 0) is 60.3 Å². The average Bonchev–Trinajstić information content (AvgIpc) is 3.20. The standard InChI is InChI=1S/C23H26N4O6S.C2H6/c1-4-32-20(28)13-33-26-22-18-11-17(14-5-7-15(8-6-14)34(30,31)27(2)3)16-9-10-24-12-19(16)21(18)25-23(22)29;1-2/h5-8,11,24H,4,9-10,12-13H2,1-3H3,(H,25,26,29);1-2H3. The van der Waals surface area contributed by atoms with Gasteiger partial charge in [0, 0.05) is 26.2 Å². The van der Waals surface area contributed by atoms with E-state index < -0.39 is 28.5 Å². The number of benzene rings is 2. The summed E-state index contributed by atoms with van der Waals surface area (Å²) in [7, 11) is -0.569. The van der Waals surface area contributed by atoms with Gasteiger partial charge in [0.05, 0.1) is 17.2 Å². The van der Waals surface area contributed by atoms with Crippen LogP contribution in [0.1, 0.15) is 37.5 Å². The van der Waals surface area contributed by atoms with E-state index in [4.69, 9.17) is 9.57 Å². The number of fused-ring (bicyclic) bond motifs is 3. The number of sulfonamides is 1. The summed E-state index contributed by atoms with van der Waals surface area (Å²) in [5.74, 6) is -0.996. The van der Waals surface area contributed by atoms with Crippen LogP contribution < -0.4 is 10.6 Å². The van der Waals surface area contributed by atoms with Gasteiger partial charge in [0.15, 0.2) is 5.71 Å². The monoisotopic (exact) mass is 516 g/mol. The van der Waals surface area contributed by atoms with Crippen molar-refractivity contribution in [3.05, 3.63) is 47.0 Å². The molecule has 2 N–H and O–H groups in total. The van der Waals surface area contributed by atoms with Crippen molar-refractivity contribution in [3.8, 4) is 11.1 Å². The van der Waals surface area contributed by atoms with Crippen molar-refractivity contribution in [3.63, 3.8) is 0 Å². The number of oxime groups is 1. The number of ether oxygens (including phenoxy) is 1. The summed E-state index contributed by atoms with van der Waals surface area (Å²) in [6, 6.07) is 8.54. The number of esters is 1. The second-order valence-electron chi connectivity index (χ2n) is 8.01. The van der Waals surface area contributed by atoms with Gasteiger partial charge in [0.2, 0.25) is 16.6 Å². The minimum absolute atomic E-state index is 0.0701. The van der Waals surface area contributed by atoms with E-state index in [9.17, 15) is 18.0 Å². The topological polar surface area (TPSA) is 126 Å². The zero-order valence-electron chi connectivity index (χ0n) is 21.2.